The molecule has 24 heavy (non-hydrogen) atoms. The van der Waals surface area contributed by atoms with Gasteiger partial charge in [0.15, 0.2) is 0 Å². The first-order valence-electron chi connectivity index (χ1n) is 8.89. The van der Waals surface area contributed by atoms with Crippen LogP contribution in [0.3, 0.4) is 0 Å². The Balaban J connectivity index is 0.00000529. The zero-order chi connectivity index (χ0) is 17.6. The van der Waals surface area contributed by atoms with E-state index in [4.69, 9.17) is 6.58 Å². The van der Waals surface area contributed by atoms with Gasteiger partial charge in [0.2, 0.25) is 11.8 Å². The van der Waals surface area contributed by atoms with Crippen molar-refractivity contribution in [1.82, 2.24) is 10.6 Å². The van der Waals surface area contributed by atoms with Crippen LogP contribution in [0.15, 0.2) is 6.08 Å². The molecular formula is C19H33CoN2O2-. The third-order valence-corrected chi connectivity index (χ3v) is 4.95. The standard InChI is InChI=1S/C19H33N2O2.Co/c1-7-15(11-16-8-9-20-19(16)23)17(10-12(2)3)21-18(22)14(6)13(4)5;/h1,7,12-17H,8-11H2,2-6H3,(H,20,23)(H,21,22);/q-1;/t14-,15+,16-,17-;/m0./s1. The molecule has 4 nitrogen and oxygen atoms in total. The largest absolute Gasteiger partial charge is 0.518 e. The van der Waals surface area contributed by atoms with E-state index in [1.165, 1.54) is 0 Å². The average Bonchev–Trinajstić information content (AvgIpc) is 2.87. The summed E-state index contributed by atoms with van der Waals surface area (Å²) in [6.07, 6.45) is 4.09. The Morgan fingerprint density at radius 1 is 1.33 bits per heavy atom. The first-order valence-corrected chi connectivity index (χ1v) is 8.89. The predicted octanol–water partition coefficient (Wildman–Crippen LogP) is 2.94. The Morgan fingerprint density at radius 2 is 1.96 bits per heavy atom. The second kappa shape index (κ2) is 10.9. The van der Waals surface area contributed by atoms with Gasteiger partial charge in [-0.1, -0.05) is 34.6 Å². The van der Waals surface area contributed by atoms with Crippen molar-refractivity contribution in [2.45, 2.75) is 59.9 Å². The van der Waals surface area contributed by atoms with Gasteiger partial charge in [-0.3, -0.25) is 15.7 Å². The second-order valence-electron chi connectivity index (χ2n) is 7.65. The molecule has 1 aliphatic rings. The smallest absolute Gasteiger partial charge is 0.223 e. The summed E-state index contributed by atoms with van der Waals surface area (Å²) in [5.74, 6) is 0.946. The van der Waals surface area contributed by atoms with Gasteiger partial charge in [0.25, 0.3) is 0 Å². The average molecular weight is 380 g/mol. The zero-order valence-corrected chi connectivity index (χ0v) is 16.6. The van der Waals surface area contributed by atoms with Gasteiger partial charge in [0.05, 0.1) is 0 Å². The number of carbonyl (C=O) groups excluding carboxylic acids is 2. The summed E-state index contributed by atoms with van der Waals surface area (Å²) in [7, 11) is 0. The molecule has 2 N–H and O–H groups in total. The van der Waals surface area contributed by atoms with Crippen molar-refractivity contribution in [1.29, 1.82) is 0 Å². The minimum absolute atomic E-state index is 0. The quantitative estimate of drug-likeness (QED) is 0.605. The van der Waals surface area contributed by atoms with E-state index in [-0.39, 0.29) is 52.4 Å². The van der Waals surface area contributed by atoms with Crippen LogP contribution in [-0.4, -0.2) is 24.4 Å². The van der Waals surface area contributed by atoms with Crippen molar-refractivity contribution in [3.63, 3.8) is 0 Å². The van der Waals surface area contributed by atoms with E-state index in [1.807, 2.05) is 6.92 Å². The molecule has 0 bridgehead atoms. The molecule has 1 fully saturated rings. The molecule has 1 saturated heterocycles. The summed E-state index contributed by atoms with van der Waals surface area (Å²) in [6.45, 7) is 17.0. The van der Waals surface area contributed by atoms with E-state index in [1.54, 1.807) is 6.08 Å². The van der Waals surface area contributed by atoms with Gasteiger partial charge in [0, 0.05) is 41.2 Å². The van der Waals surface area contributed by atoms with E-state index in [9.17, 15) is 9.59 Å². The van der Waals surface area contributed by atoms with Crippen molar-refractivity contribution in [3.05, 3.63) is 12.7 Å². The minimum Gasteiger partial charge on any atom is -0.518 e. The molecule has 4 atom stereocenters. The van der Waals surface area contributed by atoms with E-state index >= 15 is 0 Å². The van der Waals surface area contributed by atoms with Crippen LogP contribution in [0.2, 0.25) is 0 Å². The third-order valence-electron chi connectivity index (χ3n) is 4.95. The third kappa shape index (κ3) is 6.97. The SMILES string of the molecule is [CH-]=C[C@H](C[C@@H]1CCNC1=O)[C@H](CC(C)C)NC(=O)[C@@H](C)C(C)C.[Co]. The van der Waals surface area contributed by atoms with Crippen molar-refractivity contribution >= 4 is 11.8 Å². The monoisotopic (exact) mass is 380 g/mol. The number of hydrogen-bond donors (Lipinski definition) is 2. The fourth-order valence-corrected chi connectivity index (χ4v) is 3.04. The number of carbonyl (C=O) groups is 2. The minimum atomic E-state index is -0.0298. The van der Waals surface area contributed by atoms with Gasteiger partial charge in [0.1, 0.15) is 0 Å². The summed E-state index contributed by atoms with van der Waals surface area (Å²) in [6, 6.07) is -0.0119. The topological polar surface area (TPSA) is 58.2 Å². The Kier molecular flexibility index (Phi) is 10.6. The molecule has 1 aliphatic heterocycles. The number of rotatable bonds is 9. The summed E-state index contributed by atoms with van der Waals surface area (Å²) in [5.41, 5.74) is 0. The van der Waals surface area contributed by atoms with Crippen molar-refractivity contribution < 1.29 is 26.4 Å². The Bertz CT molecular complexity index is 424. The molecule has 0 saturated carbocycles. The molecular weight excluding hydrogens is 347 g/mol. The van der Waals surface area contributed by atoms with E-state index in [2.05, 4.69) is 38.3 Å². The first kappa shape index (κ1) is 23.2. The van der Waals surface area contributed by atoms with Crippen LogP contribution in [0, 0.1) is 36.2 Å². The van der Waals surface area contributed by atoms with E-state index in [0.717, 1.165) is 19.4 Å². The maximum Gasteiger partial charge on any atom is 0.223 e. The summed E-state index contributed by atoms with van der Waals surface area (Å²) >= 11 is 0. The summed E-state index contributed by atoms with van der Waals surface area (Å²) in [4.78, 5) is 24.3. The molecule has 1 rings (SSSR count). The van der Waals surface area contributed by atoms with Crippen LogP contribution >= 0.6 is 0 Å². The molecule has 0 aliphatic carbocycles. The van der Waals surface area contributed by atoms with Gasteiger partial charge in [-0.05, 0) is 37.0 Å². The predicted molar refractivity (Wildman–Crippen MR) is 93.5 cm³/mol. The summed E-state index contributed by atoms with van der Waals surface area (Å²) < 4.78 is 0. The molecule has 1 heterocycles. The molecule has 0 aromatic rings. The number of hydrogen-bond acceptors (Lipinski definition) is 2. The van der Waals surface area contributed by atoms with Crippen molar-refractivity contribution in [2.24, 2.45) is 29.6 Å². The van der Waals surface area contributed by atoms with Crippen LogP contribution in [-0.2, 0) is 26.4 Å². The van der Waals surface area contributed by atoms with Crippen LogP contribution in [0.25, 0.3) is 0 Å². The zero-order valence-electron chi connectivity index (χ0n) is 15.6. The molecule has 0 unspecified atom stereocenters. The van der Waals surface area contributed by atoms with Gasteiger partial charge < -0.3 is 17.2 Å². The van der Waals surface area contributed by atoms with Crippen molar-refractivity contribution in [3.8, 4) is 0 Å². The Morgan fingerprint density at radius 3 is 2.38 bits per heavy atom. The number of nitrogens with one attached hydrogen (secondary N) is 2. The molecule has 1 radical (unpaired) electrons. The molecule has 5 heteroatoms. The van der Waals surface area contributed by atoms with E-state index < -0.39 is 0 Å². The second-order valence-corrected chi connectivity index (χ2v) is 7.65. The maximum atomic E-state index is 12.5. The molecule has 2 amide bonds. The van der Waals surface area contributed by atoms with Gasteiger partial charge >= 0.3 is 0 Å². The van der Waals surface area contributed by atoms with Crippen LogP contribution in [0.1, 0.15) is 53.9 Å². The van der Waals surface area contributed by atoms with Gasteiger partial charge in [-0.2, -0.15) is 0 Å². The van der Waals surface area contributed by atoms with Crippen LogP contribution < -0.4 is 10.6 Å². The summed E-state index contributed by atoms with van der Waals surface area (Å²) in [5, 5.41) is 6.06. The van der Waals surface area contributed by atoms with E-state index in [0.29, 0.717) is 18.3 Å². The molecule has 0 spiro atoms. The molecule has 0 aromatic carbocycles. The molecule has 141 valence electrons. The first-order chi connectivity index (χ1) is 10.8. The number of amides is 2. The van der Waals surface area contributed by atoms with Crippen LogP contribution in [0.4, 0.5) is 0 Å². The Hall–Kier alpha value is -0.814. The fraction of sp³-hybridized carbons (Fsp3) is 0.789. The van der Waals surface area contributed by atoms with Crippen molar-refractivity contribution in [2.75, 3.05) is 6.54 Å². The maximum absolute atomic E-state index is 12.5. The van der Waals surface area contributed by atoms with Gasteiger partial charge in [-0.15, -0.1) is 0 Å². The normalized spacial score (nSPS) is 21.0. The van der Waals surface area contributed by atoms with Crippen LogP contribution in [0.5, 0.6) is 0 Å². The molecule has 0 aromatic heterocycles. The Labute approximate surface area is 157 Å². The fourth-order valence-electron chi connectivity index (χ4n) is 3.04. The van der Waals surface area contributed by atoms with Gasteiger partial charge in [-0.25, -0.2) is 0 Å².